The summed E-state index contributed by atoms with van der Waals surface area (Å²) in [6, 6.07) is 4.96. The summed E-state index contributed by atoms with van der Waals surface area (Å²) in [5.74, 6) is 1.00. The Hall–Kier alpha value is -0.670. The summed E-state index contributed by atoms with van der Waals surface area (Å²) in [4.78, 5) is 1.38. The number of rotatable bonds is 3. The van der Waals surface area contributed by atoms with Crippen molar-refractivity contribution in [2.45, 2.75) is 37.1 Å². The van der Waals surface area contributed by atoms with E-state index in [0.29, 0.717) is 6.04 Å². The van der Waals surface area contributed by atoms with Crippen LogP contribution in [0.1, 0.15) is 36.4 Å². The second kappa shape index (κ2) is 5.78. The molecule has 0 saturated carbocycles. The number of thioether (sulfide) groups is 1. The molecule has 1 heterocycles. The number of piperidine rings is 1. The van der Waals surface area contributed by atoms with Crippen LogP contribution in [0.4, 0.5) is 0 Å². The molecule has 1 fully saturated rings. The molecule has 2 nitrogen and oxygen atoms in total. The first-order valence-electron chi connectivity index (χ1n) is 6.22. The van der Waals surface area contributed by atoms with Gasteiger partial charge in [-0.05, 0) is 55.8 Å². The Bertz CT molecular complexity index is 386. The Morgan fingerprint density at radius 3 is 2.76 bits per heavy atom. The quantitative estimate of drug-likeness (QED) is 0.830. The van der Waals surface area contributed by atoms with Gasteiger partial charge in [0, 0.05) is 10.9 Å². The van der Waals surface area contributed by atoms with Crippen LogP contribution >= 0.6 is 11.8 Å². The minimum Gasteiger partial charge on any atom is -0.496 e. The fraction of sp³-hybridized carbons (Fsp3) is 0.571. The van der Waals surface area contributed by atoms with E-state index in [-0.39, 0.29) is 0 Å². The smallest absolute Gasteiger partial charge is 0.122 e. The monoisotopic (exact) mass is 251 g/mol. The molecule has 1 saturated heterocycles. The van der Waals surface area contributed by atoms with E-state index in [2.05, 4.69) is 30.6 Å². The Balaban J connectivity index is 2.35. The number of hydrogen-bond acceptors (Lipinski definition) is 3. The second-order valence-electron chi connectivity index (χ2n) is 4.57. The molecule has 1 aromatic carbocycles. The van der Waals surface area contributed by atoms with Gasteiger partial charge in [0.25, 0.3) is 0 Å². The zero-order valence-electron chi connectivity index (χ0n) is 10.9. The standard InChI is InChI=1S/C14H21NOS/c1-10-8-14(17-3)11(9-13(10)16-2)12-6-4-5-7-15-12/h8-9,12,15H,4-7H2,1-3H3. The molecular weight excluding hydrogens is 230 g/mol. The van der Waals surface area contributed by atoms with Crippen LogP contribution in [0.3, 0.4) is 0 Å². The third-order valence-corrected chi connectivity index (χ3v) is 4.23. The SMILES string of the molecule is COc1cc(C2CCCCN2)c(SC)cc1C. The normalized spacial score (nSPS) is 20.3. The highest BCUT2D eigenvalue weighted by atomic mass is 32.2. The number of methoxy groups -OCH3 is 1. The van der Waals surface area contributed by atoms with E-state index in [0.717, 1.165) is 12.3 Å². The van der Waals surface area contributed by atoms with Gasteiger partial charge in [0.1, 0.15) is 5.75 Å². The Morgan fingerprint density at radius 1 is 1.35 bits per heavy atom. The molecule has 1 aromatic rings. The Labute approximate surface area is 108 Å². The van der Waals surface area contributed by atoms with Gasteiger partial charge in [0.05, 0.1) is 7.11 Å². The highest BCUT2D eigenvalue weighted by molar-refractivity contribution is 7.98. The number of aryl methyl sites for hydroxylation is 1. The van der Waals surface area contributed by atoms with Crippen molar-refractivity contribution in [2.75, 3.05) is 19.9 Å². The van der Waals surface area contributed by atoms with Crippen LogP contribution < -0.4 is 10.1 Å². The topological polar surface area (TPSA) is 21.3 Å². The molecule has 1 aliphatic heterocycles. The first-order chi connectivity index (χ1) is 8.26. The summed E-state index contributed by atoms with van der Waals surface area (Å²) in [6.45, 7) is 3.24. The summed E-state index contributed by atoms with van der Waals surface area (Å²) in [5.41, 5.74) is 2.62. The number of ether oxygens (including phenoxy) is 1. The van der Waals surface area contributed by atoms with Gasteiger partial charge in [-0.2, -0.15) is 0 Å². The lowest BCUT2D eigenvalue weighted by Crippen LogP contribution is -2.27. The van der Waals surface area contributed by atoms with Crippen molar-refractivity contribution in [3.05, 3.63) is 23.3 Å². The van der Waals surface area contributed by atoms with E-state index in [1.165, 1.54) is 35.3 Å². The lowest BCUT2D eigenvalue weighted by atomic mass is 9.96. The summed E-state index contributed by atoms with van der Waals surface area (Å²) >= 11 is 1.83. The maximum absolute atomic E-state index is 5.44. The van der Waals surface area contributed by atoms with E-state index >= 15 is 0 Å². The van der Waals surface area contributed by atoms with Gasteiger partial charge in [0.15, 0.2) is 0 Å². The average Bonchev–Trinajstić information content (AvgIpc) is 2.39. The molecule has 1 N–H and O–H groups in total. The van der Waals surface area contributed by atoms with Gasteiger partial charge in [-0.25, -0.2) is 0 Å². The van der Waals surface area contributed by atoms with Crippen molar-refractivity contribution in [2.24, 2.45) is 0 Å². The van der Waals surface area contributed by atoms with Gasteiger partial charge < -0.3 is 10.1 Å². The fourth-order valence-corrected chi connectivity index (χ4v) is 3.20. The molecule has 1 aliphatic rings. The second-order valence-corrected chi connectivity index (χ2v) is 5.41. The summed E-state index contributed by atoms with van der Waals surface area (Å²) < 4.78 is 5.44. The molecule has 2 rings (SSSR count). The van der Waals surface area contributed by atoms with E-state index in [9.17, 15) is 0 Å². The Morgan fingerprint density at radius 2 is 2.18 bits per heavy atom. The van der Waals surface area contributed by atoms with Gasteiger partial charge >= 0.3 is 0 Å². The van der Waals surface area contributed by atoms with Crippen LogP contribution in [0.25, 0.3) is 0 Å². The zero-order chi connectivity index (χ0) is 12.3. The van der Waals surface area contributed by atoms with Crippen LogP contribution in [0.15, 0.2) is 17.0 Å². The van der Waals surface area contributed by atoms with E-state index in [1.54, 1.807) is 7.11 Å². The molecule has 3 heteroatoms. The lowest BCUT2D eigenvalue weighted by molar-refractivity contribution is 0.395. The molecule has 1 unspecified atom stereocenters. The summed E-state index contributed by atoms with van der Waals surface area (Å²) in [5, 5.41) is 3.61. The van der Waals surface area contributed by atoms with Crippen molar-refractivity contribution in [3.8, 4) is 5.75 Å². The molecular formula is C14H21NOS. The van der Waals surface area contributed by atoms with Crippen molar-refractivity contribution in [3.63, 3.8) is 0 Å². The van der Waals surface area contributed by atoms with Gasteiger partial charge in [-0.15, -0.1) is 11.8 Å². The van der Waals surface area contributed by atoms with Gasteiger partial charge in [-0.1, -0.05) is 6.42 Å². The van der Waals surface area contributed by atoms with Crippen molar-refractivity contribution >= 4 is 11.8 Å². The molecule has 0 aliphatic carbocycles. The van der Waals surface area contributed by atoms with Crippen LogP contribution in [-0.4, -0.2) is 19.9 Å². The minimum atomic E-state index is 0.501. The highest BCUT2D eigenvalue weighted by Crippen LogP contribution is 2.35. The third-order valence-electron chi connectivity index (χ3n) is 3.43. The molecule has 17 heavy (non-hydrogen) atoms. The first kappa shape index (κ1) is 12.8. The highest BCUT2D eigenvalue weighted by Gasteiger charge is 2.19. The van der Waals surface area contributed by atoms with Crippen molar-refractivity contribution < 1.29 is 4.74 Å². The van der Waals surface area contributed by atoms with Crippen LogP contribution in [-0.2, 0) is 0 Å². The predicted molar refractivity (Wildman–Crippen MR) is 74.1 cm³/mol. The number of nitrogens with one attached hydrogen (secondary N) is 1. The molecule has 0 aromatic heterocycles. The zero-order valence-corrected chi connectivity index (χ0v) is 11.7. The first-order valence-corrected chi connectivity index (χ1v) is 7.44. The minimum absolute atomic E-state index is 0.501. The van der Waals surface area contributed by atoms with E-state index < -0.39 is 0 Å². The maximum atomic E-state index is 5.44. The van der Waals surface area contributed by atoms with Crippen LogP contribution in [0, 0.1) is 6.92 Å². The fourth-order valence-electron chi connectivity index (χ4n) is 2.46. The molecule has 0 radical (unpaired) electrons. The lowest BCUT2D eigenvalue weighted by Gasteiger charge is -2.26. The van der Waals surface area contributed by atoms with Crippen molar-refractivity contribution in [1.82, 2.24) is 5.32 Å². The molecule has 1 atom stereocenters. The van der Waals surface area contributed by atoms with Crippen LogP contribution in [0.5, 0.6) is 5.75 Å². The Kier molecular flexibility index (Phi) is 4.35. The predicted octanol–water partition coefficient (Wildman–Crippen LogP) is 3.54. The van der Waals surface area contributed by atoms with Crippen molar-refractivity contribution in [1.29, 1.82) is 0 Å². The van der Waals surface area contributed by atoms with Gasteiger partial charge in [0.2, 0.25) is 0 Å². The van der Waals surface area contributed by atoms with Crippen LogP contribution in [0.2, 0.25) is 0 Å². The summed E-state index contributed by atoms with van der Waals surface area (Å²) in [7, 11) is 1.75. The molecule has 0 amide bonds. The number of benzene rings is 1. The van der Waals surface area contributed by atoms with E-state index in [4.69, 9.17) is 4.74 Å². The average molecular weight is 251 g/mol. The van der Waals surface area contributed by atoms with E-state index in [1.807, 2.05) is 11.8 Å². The molecule has 94 valence electrons. The molecule has 0 spiro atoms. The largest absolute Gasteiger partial charge is 0.496 e. The summed E-state index contributed by atoms with van der Waals surface area (Å²) in [6.07, 6.45) is 6.00. The number of hydrogen-bond donors (Lipinski definition) is 1. The maximum Gasteiger partial charge on any atom is 0.122 e. The molecule has 0 bridgehead atoms. The van der Waals surface area contributed by atoms with Gasteiger partial charge in [-0.3, -0.25) is 0 Å². The third kappa shape index (κ3) is 2.78.